The van der Waals surface area contributed by atoms with Crippen molar-refractivity contribution in [2.45, 2.75) is 59.0 Å². The van der Waals surface area contributed by atoms with E-state index in [1.807, 2.05) is 25.1 Å². The number of nitrogens with one attached hydrogen (secondary N) is 1. The quantitative estimate of drug-likeness (QED) is 0.811. The Kier molecular flexibility index (Phi) is 7.49. The van der Waals surface area contributed by atoms with Crippen LogP contribution < -0.4 is 10.1 Å². The Labute approximate surface area is 157 Å². The van der Waals surface area contributed by atoms with Gasteiger partial charge in [-0.2, -0.15) is 0 Å². The maximum atomic E-state index is 12.8. The minimum Gasteiger partial charge on any atom is -0.481 e. The first-order valence-corrected chi connectivity index (χ1v) is 9.75. The molecule has 2 atom stereocenters. The van der Waals surface area contributed by atoms with Crippen LogP contribution in [0.25, 0.3) is 0 Å². The number of nitrogens with zero attached hydrogens (tertiary/aromatic N) is 1. The number of ether oxygens (including phenoxy) is 1. The van der Waals surface area contributed by atoms with Gasteiger partial charge in [0, 0.05) is 19.6 Å². The molecule has 2 rings (SSSR count). The highest BCUT2D eigenvalue weighted by Crippen LogP contribution is 2.22. The summed E-state index contributed by atoms with van der Waals surface area (Å²) in [6.45, 7) is 9.94. The average molecular weight is 360 g/mol. The van der Waals surface area contributed by atoms with E-state index >= 15 is 0 Å². The number of likely N-dealkylation sites (tertiary alicyclic amines) is 1. The standard InChI is InChI=1S/C21H32N2O3/c1-5-11-22-20(24)18-9-7-12-23(14-18)21(25)16(4)26-19-10-6-8-17(13-19)15(2)3/h6,8,10,13,15-16,18H,5,7,9,11-12,14H2,1-4H3,(H,22,24). The van der Waals surface area contributed by atoms with Crippen LogP contribution in [-0.2, 0) is 9.59 Å². The van der Waals surface area contributed by atoms with Gasteiger partial charge in [0.1, 0.15) is 5.75 Å². The number of piperidine rings is 1. The van der Waals surface area contributed by atoms with Crippen LogP contribution in [0, 0.1) is 5.92 Å². The molecule has 1 aromatic carbocycles. The molecule has 0 aliphatic carbocycles. The van der Waals surface area contributed by atoms with Crippen LogP contribution >= 0.6 is 0 Å². The fourth-order valence-corrected chi connectivity index (χ4v) is 3.24. The van der Waals surface area contributed by atoms with Gasteiger partial charge in [0.2, 0.25) is 5.91 Å². The fourth-order valence-electron chi connectivity index (χ4n) is 3.24. The average Bonchev–Trinajstić information content (AvgIpc) is 2.65. The van der Waals surface area contributed by atoms with E-state index in [4.69, 9.17) is 4.74 Å². The summed E-state index contributed by atoms with van der Waals surface area (Å²) in [5, 5.41) is 2.94. The largest absolute Gasteiger partial charge is 0.481 e. The van der Waals surface area contributed by atoms with Crippen LogP contribution in [0.4, 0.5) is 0 Å². The number of carbonyl (C=O) groups excluding carboxylic acids is 2. The first-order chi connectivity index (χ1) is 12.4. The van der Waals surface area contributed by atoms with Crippen molar-refractivity contribution in [2.75, 3.05) is 19.6 Å². The van der Waals surface area contributed by atoms with Crippen LogP contribution in [0.3, 0.4) is 0 Å². The third kappa shape index (κ3) is 5.48. The second-order valence-electron chi connectivity index (χ2n) is 7.40. The second kappa shape index (κ2) is 9.60. The van der Waals surface area contributed by atoms with Gasteiger partial charge in [0.15, 0.2) is 6.10 Å². The lowest BCUT2D eigenvalue weighted by Gasteiger charge is -2.33. The first-order valence-electron chi connectivity index (χ1n) is 9.75. The summed E-state index contributed by atoms with van der Waals surface area (Å²) in [6.07, 6.45) is 2.05. The molecular formula is C21H32N2O3. The predicted molar refractivity (Wildman–Crippen MR) is 103 cm³/mol. The van der Waals surface area contributed by atoms with Crippen molar-refractivity contribution in [3.05, 3.63) is 29.8 Å². The second-order valence-corrected chi connectivity index (χ2v) is 7.40. The molecular weight excluding hydrogens is 328 g/mol. The van der Waals surface area contributed by atoms with E-state index in [1.54, 1.807) is 11.8 Å². The molecule has 1 saturated heterocycles. The van der Waals surface area contributed by atoms with Gasteiger partial charge in [0.25, 0.3) is 5.91 Å². The van der Waals surface area contributed by atoms with Gasteiger partial charge in [0.05, 0.1) is 5.92 Å². The smallest absolute Gasteiger partial charge is 0.263 e. The molecule has 1 fully saturated rings. The molecule has 0 radical (unpaired) electrons. The van der Waals surface area contributed by atoms with Crippen molar-refractivity contribution < 1.29 is 14.3 Å². The SMILES string of the molecule is CCCNC(=O)C1CCCN(C(=O)C(C)Oc2cccc(C(C)C)c2)C1. The van der Waals surface area contributed by atoms with E-state index in [0.29, 0.717) is 31.3 Å². The summed E-state index contributed by atoms with van der Waals surface area (Å²) in [4.78, 5) is 26.8. The van der Waals surface area contributed by atoms with Gasteiger partial charge < -0.3 is 15.0 Å². The van der Waals surface area contributed by atoms with E-state index in [9.17, 15) is 9.59 Å². The van der Waals surface area contributed by atoms with Crippen molar-refractivity contribution in [1.82, 2.24) is 10.2 Å². The summed E-state index contributed by atoms with van der Waals surface area (Å²) in [5.74, 6) is 1.02. The lowest BCUT2D eigenvalue weighted by Crippen LogP contribution is -2.49. The zero-order valence-electron chi connectivity index (χ0n) is 16.5. The molecule has 5 heteroatoms. The van der Waals surface area contributed by atoms with Crippen LogP contribution in [0.15, 0.2) is 24.3 Å². The van der Waals surface area contributed by atoms with Crippen LogP contribution in [0.2, 0.25) is 0 Å². The topological polar surface area (TPSA) is 58.6 Å². The van der Waals surface area contributed by atoms with Crippen molar-refractivity contribution in [3.8, 4) is 5.75 Å². The third-order valence-electron chi connectivity index (χ3n) is 4.84. The molecule has 1 aliphatic rings. The fraction of sp³-hybridized carbons (Fsp3) is 0.619. The Balaban J connectivity index is 1.94. The summed E-state index contributed by atoms with van der Waals surface area (Å²) in [6, 6.07) is 7.89. The van der Waals surface area contributed by atoms with Gasteiger partial charge >= 0.3 is 0 Å². The lowest BCUT2D eigenvalue weighted by molar-refractivity contribution is -0.141. The molecule has 0 aromatic heterocycles. The molecule has 144 valence electrons. The van der Waals surface area contributed by atoms with Crippen LogP contribution in [0.5, 0.6) is 5.75 Å². The number of rotatable bonds is 7. The molecule has 0 spiro atoms. The number of amides is 2. The number of hydrogen-bond donors (Lipinski definition) is 1. The first kappa shape index (κ1) is 20.3. The van der Waals surface area contributed by atoms with Crippen molar-refractivity contribution in [2.24, 2.45) is 5.92 Å². The van der Waals surface area contributed by atoms with Gasteiger partial charge in [-0.1, -0.05) is 32.9 Å². The molecule has 0 bridgehead atoms. The van der Waals surface area contributed by atoms with E-state index in [1.165, 1.54) is 5.56 Å². The number of hydrogen-bond acceptors (Lipinski definition) is 3. The normalized spacial score (nSPS) is 18.5. The molecule has 1 heterocycles. The van der Waals surface area contributed by atoms with Crippen LogP contribution in [-0.4, -0.2) is 42.5 Å². The zero-order valence-corrected chi connectivity index (χ0v) is 16.5. The van der Waals surface area contributed by atoms with Gasteiger partial charge in [-0.25, -0.2) is 0 Å². The number of carbonyl (C=O) groups is 2. The Morgan fingerprint density at radius 2 is 2.08 bits per heavy atom. The van der Waals surface area contributed by atoms with E-state index in [0.717, 1.165) is 19.3 Å². The highest BCUT2D eigenvalue weighted by Gasteiger charge is 2.31. The molecule has 2 unspecified atom stereocenters. The van der Waals surface area contributed by atoms with E-state index in [-0.39, 0.29) is 17.7 Å². The lowest BCUT2D eigenvalue weighted by atomic mass is 9.96. The summed E-state index contributed by atoms with van der Waals surface area (Å²) in [5.41, 5.74) is 1.19. The highest BCUT2D eigenvalue weighted by atomic mass is 16.5. The number of benzene rings is 1. The van der Waals surface area contributed by atoms with Crippen molar-refractivity contribution in [3.63, 3.8) is 0 Å². The molecule has 1 aromatic rings. The molecule has 26 heavy (non-hydrogen) atoms. The Hall–Kier alpha value is -2.04. The highest BCUT2D eigenvalue weighted by molar-refractivity contribution is 5.83. The Morgan fingerprint density at radius 3 is 2.77 bits per heavy atom. The minimum absolute atomic E-state index is 0.0482. The zero-order chi connectivity index (χ0) is 19.1. The minimum atomic E-state index is -0.560. The van der Waals surface area contributed by atoms with Gasteiger partial charge in [-0.15, -0.1) is 0 Å². The van der Waals surface area contributed by atoms with Crippen molar-refractivity contribution in [1.29, 1.82) is 0 Å². The van der Waals surface area contributed by atoms with Crippen LogP contribution in [0.1, 0.15) is 58.4 Å². The Morgan fingerprint density at radius 1 is 1.31 bits per heavy atom. The van der Waals surface area contributed by atoms with Crippen molar-refractivity contribution >= 4 is 11.8 Å². The maximum absolute atomic E-state index is 12.8. The molecule has 2 amide bonds. The van der Waals surface area contributed by atoms with E-state index in [2.05, 4.69) is 25.2 Å². The summed E-state index contributed by atoms with van der Waals surface area (Å²) >= 11 is 0. The molecule has 5 nitrogen and oxygen atoms in total. The molecule has 1 N–H and O–H groups in total. The van der Waals surface area contributed by atoms with Gasteiger partial charge in [-0.3, -0.25) is 9.59 Å². The Bertz CT molecular complexity index is 615. The van der Waals surface area contributed by atoms with Gasteiger partial charge in [-0.05, 0) is 49.8 Å². The monoisotopic (exact) mass is 360 g/mol. The maximum Gasteiger partial charge on any atom is 0.263 e. The summed E-state index contributed by atoms with van der Waals surface area (Å²) < 4.78 is 5.89. The third-order valence-corrected chi connectivity index (χ3v) is 4.84. The molecule has 0 saturated carbocycles. The summed E-state index contributed by atoms with van der Waals surface area (Å²) in [7, 11) is 0. The predicted octanol–water partition coefficient (Wildman–Crippen LogP) is 3.34. The molecule has 1 aliphatic heterocycles. The van der Waals surface area contributed by atoms with E-state index < -0.39 is 6.10 Å².